The van der Waals surface area contributed by atoms with Gasteiger partial charge in [0.15, 0.2) is 11.0 Å². The minimum absolute atomic E-state index is 0.932. The molecule has 19 heavy (non-hydrogen) atoms. The minimum Gasteiger partial charge on any atom is -0.309 e. The van der Waals surface area contributed by atoms with E-state index in [4.69, 9.17) is 0 Å². The summed E-state index contributed by atoms with van der Waals surface area (Å²) >= 11 is 0. The molecule has 0 fully saturated rings. The lowest BCUT2D eigenvalue weighted by molar-refractivity contribution is -0.645. The number of aromatic nitrogens is 2. The minimum atomic E-state index is 0.932. The van der Waals surface area contributed by atoms with Gasteiger partial charge in [0.25, 0.3) is 0 Å². The lowest BCUT2D eigenvalue weighted by Gasteiger charge is -2.01. The van der Waals surface area contributed by atoms with E-state index in [0.717, 1.165) is 26.2 Å². The number of hydrogen-bond acceptors (Lipinski definition) is 1. The van der Waals surface area contributed by atoms with E-state index < -0.39 is 0 Å². The number of para-hydroxylation sites is 2. The van der Waals surface area contributed by atoms with Crippen LogP contribution < -0.4 is 20.2 Å². The summed E-state index contributed by atoms with van der Waals surface area (Å²) in [6.45, 7) is 3.85. The SMILES string of the molecule is C[NH+]=CNCCNCCn1c[n+](C)c2ccccc21. The van der Waals surface area contributed by atoms with Gasteiger partial charge in [-0.05, 0) is 12.1 Å². The Hall–Kier alpha value is -1.88. The molecule has 0 atom stereocenters. The number of rotatable bonds is 7. The number of imidazole rings is 1. The molecule has 3 N–H and O–H groups in total. The number of fused-ring (bicyclic) bond motifs is 1. The maximum Gasteiger partial charge on any atom is 0.244 e. The molecule has 1 heterocycles. The van der Waals surface area contributed by atoms with Crippen molar-refractivity contribution in [1.82, 2.24) is 15.2 Å². The van der Waals surface area contributed by atoms with Crippen LogP contribution in [0.5, 0.6) is 0 Å². The maximum atomic E-state index is 3.43. The highest BCUT2D eigenvalue weighted by Crippen LogP contribution is 2.09. The highest BCUT2D eigenvalue weighted by Gasteiger charge is 2.11. The fraction of sp³-hybridized carbons (Fsp3) is 0.429. The zero-order valence-electron chi connectivity index (χ0n) is 11.7. The van der Waals surface area contributed by atoms with Crippen molar-refractivity contribution in [3.63, 3.8) is 0 Å². The lowest BCUT2D eigenvalue weighted by atomic mass is 10.3. The Balaban J connectivity index is 1.82. The van der Waals surface area contributed by atoms with Gasteiger partial charge in [0.1, 0.15) is 6.54 Å². The Kier molecular flexibility index (Phi) is 4.92. The number of nitrogens with one attached hydrogen (secondary N) is 3. The summed E-state index contributed by atoms with van der Waals surface area (Å²) < 4.78 is 4.45. The Labute approximate surface area is 114 Å². The van der Waals surface area contributed by atoms with E-state index in [1.54, 1.807) is 0 Å². The fourth-order valence-electron chi connectivity index (χ4n) is 2.18. The Morgan fingerprint density at radius 2 is 2.11 bits per heavy atom. The largest absolute Gasteiger partial charge is 0.309 e. The van der Waals surface area contributed by atoms with E-state index >= 15 is 0 Å². The van der Waals surface area contributed by atoms with E-state index in [2.05, 4.69) is 62.4 Å². The van der Waals surface area contributed by atoms with Crippen LogP contribution in [0.25, 0.3) is 11.0 Å². The molecule has 0 saturated carbocycles. The summed E-state index contributed by atoms with van der Waals surface area (Å²) in [5.41, 5.74) is 2.56. The molecular formula is C14H23N5+2. The molecule has 0 unspecified atom stereocenters. The number of hydrogen-bond donors (Lipinski definition) is 3. The molecule has 0 aliphatic carbocycles. The van der Waals surface area contributed by atoms with Gasteiger partial charge in [0.2, 0.25) is 12.7 Å². The molecule has 1 aromatic heterocycles. The molecule has 0 saturated heterocycles. The third kappa shape index (κ3) is 3.54. The standard InChI is InChI=1S/C14H22N5/c1-15-11-17-8-7-16-9-10-19-12-18(2)13-5-3-4-6-14(13)19/h3-6,11-12,16H,7-10H2,1-2H3,(H,15,17)/q+1/p+1. The molecule has 0 spiro atoms. The van der Waals surface area contributed by atoms with Crippen molar-refractivity contribution in [2.45, 2.75) is 6.54 Å². The van der Waals surface area contributed by atoms with Gasteiger partial charge in [-0.2, -0.15) is 0 Å². The second kappa shape index (κ2) is 6.89. The van der Waals surface area contributed by atoms with Gasteiger partial charge in [0.05, 0.1) is 20.6 Å². The molecule has 0 aliphatic heterocycles. The van der Waals surface area contributed by atoms with Crippen molar-refractivity contribution >= 4 is 17.4 Å². The summed E-state index contributed by atoms with van der Waals surface area (Å²) in [7, 11) is 3.97. The van der Waals surface area contributed by atoms with Crippen LogP contribution in [0.2, 0.25) is 0 Å². The summed E-state index contributed by atoms with van der Waals surface area (Å²) in [5, 5.41) is 6.58. The van der Waals surface area contributed by atoms with Crippen LogP contribution in [-0.4, -0.2) is 37.6 Å². The third-order valence-electron chi connectivity index (χ3n) is 3.11. The van der Waals surface area contributed by atoms with E-state index in [9.17, 15) is 0 Å². The highest BCUT2D eigenvalue weighted by atomic mass is 15.1. The van der Waals surface area contributed by atoms with Crippen molar-refractivity contribution in [2.75, 3.05) is 26.7 Å². The summed E-state index contributed by atoms with van der Waals surface area (Å²) in [6, 6.07) is 8.48. The lowest BCUT2D eigenvalue weighted by Crippen LogP contribution is -2.66. The molecule has 102 valence electrons. The Bertz CT molecular complexity index is 544. The van der Waals surface area contributed by atoms with Crippen molar-refractivity contribution in [3.05, 3.63) is 30.6 Å². The van der Waals surface area contributed by atoms with Gasteiger partial charge in [-0.15, -0.1) is 0 Å². The fourth-order valence-corrected chi connectivity index (χ4v) is 2.18. The van der Waals surface area contributed by atoms with Gasteiger partial charge in [-0.1, -0.05) is 12.1 Å². The zero-order valence-corrected chi connectivity index (χ0v) is 11.7. The van der Waals surface area contributed by atoms with Crippen LogP contribution >= 0.6 is 0 Å². The van der Waals surface area contributed by atoms with Crippen molar-refractivity contribution in [3.8, 4) is 0 Å². The molecule has 2 aromatic rings. The van der Waals surface area contributed by atoms with E-state index in [1.165, 1.54) is 11.0 Å². The third-order valence-corrected chi connectivity index (χ3v) is 3.11. The van der Waals surface area contributed by atoms with Gasteiger partial charge in [-0.25, -0.2) is 9.13 Å². The topological polar surface area (TPSA) is 46.8 Å². The van der Waals surface area contributed by atoms with Gasteiger partial charge in [0, 0.05) is 13.1 Å². The number of benzene rings is 1. The monoisotopic (exact) mass is 261 g/mol. The Morgan fingerprint density at radius 3 is 2.95 bits per heavy atom. The average Bonchev–Trinajstić information content (AvgIpc) is 2.75. The molecule has 5 heteroatoms. The number of aryl methyl sites for hydroxylation is 1. The van der Waals surface area contributed by atoms with Crippen LogP contribution in [0.3, 0.4) is 0 Å². The van der Waals surface area contributed by atoms with E-state index in [1.807, 2.05) is 13.4 Å². The summed E-state index contributed by atoms with van der Waals surface area (Å²) in [4.78, 5) is 2.94. The first-order valence-electron chi connectivity index (χ1n) is 6.69. The van der Waals surface area contributed by atoms with Gasteiger partial charge in [-0.3, -0.25) is 10.3 Å². The van der Waals surface area contributed by atoms with Crippen LogP contribution in [0.4, 0.5) is 0 Å². The van der Waals surface area contributed by atoms with Crippen molar-refractivity contribution in [2.24, 2.45) is 7.05 Å². The average molecular weight is 261 g/mol. The second-order valence-corrected chi connectivity index (χ2v) is 4.55. The first kappa shape index (κ1) is 13.5. The molecule has 0 amide bonds. The van der Waals surface area contributed by atoms with Crippen LogP contribution in [0.1, 0.15) is 0 Å². The summed E-state index contributed by atoms with van der Waals surface area (Å²) in [6.07, 6.45) is 4.00. The maximum absolute atomic E-state index is 3.43. The first-order chi connectivity index (χ1) is 9.33. The van der Waals surface area contributed by atoms with Gasteiger partial charge >= 0.3 is 0 Å². The normalized spacial score (nSPS) is 11.5. The van der Waals surface area contributed by atoms with Crippen molar-refractivity contribution in [1.29, 1.82) is 0 Å². The summed E-state index contributed by atoms with van der Waals surface area (Å²) in [5.74, 6) is 0. The van der Waals surface area contributed by atoms with Crippen LogP contribution in [-0.2, 0) is 13.6 Å². The van der Waals surface area contributed by atoms with Crippen LogP contribution in [0.15, 0.2) is 30.6 Å². The predicted octanol–water partition coefficient (Wildman–Crippen LogP) is -1.62. The van der Waals surface area contributed by atoms with Gasteiger partial charge < -0.3 is 5.32 Å². The van der Waals surface area contributed by atoms with E-state index in [0.29, 0.717) is 0 Å². The smallest absolute Gasteiger partial charge is 0.244 e. The molecule has 2 rings (SSSR count). The molecule has 0 bridgehead atoms. The highest BCUT2D eigenvalue weighted by molar-refractivity contribution is 5.71. The zero-order chi connectivity index (χ0) is 13.5. The van der Waals surface area contributed by atoms with E-state index in [-0.39, 0.29) is 0 Å². The number of nitrogens with zero attached hydrogens (tertiary/aromatic N) is 2. The predicted molar refractivity (Wildman–Crippen MR) is 76.9 cm³/mol. The first-order valence-corrected chi connectivity index (χ1v) is 6.69. The molecule has 5 nitrogen and oxygen atoms in total. The molecule has 1 aromatic carbocycles. The second-order valence-electron chi connectivity index (χ2n) is 4.55. The Morgan fingerprint density at radius 1 is 1.26 bits per heavy atom. The molecule has 0 radical (unpaired) electrons. The molecular weight excluding hydrogens is 238 g/mol. The van der Waals surface area contributed by atoms with Crippen LogP contribution in [0, 0.1) is 0 Å². The quantitative estimate of drug-likeness (QED) is 0.243. The van der Waals surface area contributed by atoms with Crippen molar-refractivity contribution < 1.29 is 9.56 Å². The molecule has 0 aliphatic rings.